The predicted molar refractivity (Wildman–Crippen MR) is 134 cm³/mol. The summed E-state index contributed by atoms with van der Waals surface area (Å²) in [6.45, 7) is 2.28. The van der Waals surface area contributed by atoms with Gasteiger partial charge in [-0.3, -0.25) is 0 Å². The van der Waals surface area contributed by atoms with Crippen molar-refractivity contribution in [1.82, 2.24) is 4.90 Å². The number of benzene rings is 3. The number of hydrogen-bond acceptors (Lipinski definition) is 3. The minimum Gasteiger partial charge on any atom is -0.396 e. The number of nitrogens with two attached hydrogens (primary N) is 1. The summed E-state index contributed by atoms with van der Waals surface area (Å²) in [7, 11) is 0. The Bertz CT molecular complexity index is 900. The van der Waals surface area contributed by atoms with Crippen molar-refractivity contribution in [1.29, 1.82) is 0 Å². The van der Waals surface area contributed by atoms with E-state index in [0.29, 0.717) is 27.8 Å². The van der Waals surface area contributed by atoms with Crippen molar-refractivity contribution < 1.29 is 5.11 Å². The van der Waals surface area contributed by atoms with Crippen molar-refractivity contribution >= 4 is 41.3 Å². The van der Waals surface area contributed by atoms with Gasteiger partial charge in [0.25, 0.3) is 0 Å². The lowest BCUT2D eigenvalue weighted by atomic mass is 10.1. The molecule has 0 fully saturated rings. The summed E-state index contributed by atoms with van der Waals surface area (Å²) < 4.78 is 0. The Morgan fingerprint density at radius 1 is 0.806 bits per heavy atom. The van der Waals surface area contributed by atoms with Gasteiger partial charge in [-0.05, 0) is 54.6 Å². The number of nitrogen functional groups attached to an aromatic ring is 1. The molecule has 3 aromatic carbocycles. The molecular weight excluding hydrogens is 451 g/mol. The molecule has 166 valence electrons. The van der Waals surface area contributed by atoms with E-state index in [2.05, 4.69) is 53.4 Å². The van der Waals surface area contributed by atoms with Crippen molar-refractivity contribution in [2.24, 2.45) is 0 Å². The summed E-state index contributed by atoms with van der Waals surface area (Å²) in [5.74, 6) is 0. The molecule has 1 atom stereocenters. The van der Waals surface area contributed by atoms with Crippen LogP contribution in [0.3, 0.4) is 0 Å². The van der Waals surface area contributed by atoms with E-state index in [9.17, 15) is 5.11 Å². The zero-order valence-electron chi connectivity index (χ0n) is 17.4. The van der Waals surface area contributed by atoms with Crippen LogP contribution in [-0.4, -0.2) is 29.6 Å². The van der Waals surface area contributed by atoms with Gasteiger partial charge in [-0.1, -0.05) is 83.9 Å². The molecule has 0 radical (unpaired) electrons. The SMILES string of the molecule is Cl.Nc1c(Cl)cc(C(O)CN(CCCc2ccccc2)CCc2ccccc2)cc1Cl. The highest BCUT2D eigenvalue weighted by Gasteiger charge is 2.16. The van der Waals surface area contributed by atoms with Crippen LogP contribution in [0, 0.1) is 0 Å². The van der Waals surface area contributed by atoms with E-state index in [1.165, 1.54) is 11.1 Å². The molecule has 3 rings (SSSR count). The highest BCUT2D eigenvalue weighted by Crippen LogP contribution is 2.31. The van der Waals surface area contributed by atoms with Crippen LogP contribution >= 0.6 is 35.6 Å². The summed E-state index contributed by atoms with van der Waals surface area (Å²) in [5, 5.41) is 11.6. The van der Waals surface area contributed by atoms with E-state index in [4.69, 9.17) is 28.9 Å². The largest absolute Gasteiger partial charge is 0.396 e. The van der Waals surface area contributed by atoms with E-state index in [-0.39, 0.29) is 12.4 Å². The highest BCUT2D eigenvalue weighted by molar-refractivity contribution is 6.38. The molecule has 1 unspecified atom stereocenters. The molecule has 3 aromatic rings. The second kappa shape index (κ2) is 12.9. The third-order valence-electron chi connectivity index (χ3n) is 5.26. The number of rotatable bonds is 10. The van der Waals surface area contributed by atoms with E-state index in [1.807, 2.05) is 12.1 Å². The topological polar surface area (TPSA) is 49.5 Å². The Kier molecular flexibility index (Phi) is 10.7. The van der Waals surface area contributed by atoms with Gasteiger partial charge in [-0.25, -0.2) is 0 Å². The van der Waals surface area contributed by atoms with Gasteiger partial charge in [-0.2, -0.15) is 0 Å². The molecule has 0 saturated heterocycles. The average molecular weight is 480 g/mol. The van der Waals surface area contributed by atoms with Gasteiger partial charge in [0.05, 0.1) is 21.8 Å². The van der Waals surface area contributed by atoms with Crippen LogP contribution in [0.5, 0.6) is 0 Å². The van der Waals surface area contributed by atoms with Crippen molar-refractivity contribution in [2.75, 3.05) is 25.4 Å². The molecule has 0 aliphatic carbocycles. The average Bonchev–Trinajstić information content (AvgIpc) is 2.76. The fourth-order valence-electron chi connectivity index (χ4n) is 3.52. The Morgan fingerprint density at radius 3 is 1.87 bits per heavy atom. The monoisotopic (exact) mass is 478 g/mol. The maximum Gasteiger partial charge on any atom is 0.0917 e. The summed E-state index contributed by atoms with van der Waals surface area (Å²) in [5.41, 5.74) is 9.48. The molecule has 3 nitrogen and oxygen atoms in total. The van der Waals surface area contributed by atoms with Crippen LogP contribution in [0.2, 0.25) is 10.0 Å². The Balaban J connectivity index is 0.00000341. The molecule has 3 N–H and O–H groups in total. The van der Waals surface area contributed by atoms with Crippen LogP contribution in [0.25, 0.3) is 0 Å². The summed E-state index contributed by atoms with van der Waals surface area (Å²) >= 11 is 12.3. The Hall–Kier alpha value is -1.75. The molecule has 6 heteroatoms. The minimum absolute atomic E-state index is 0. The molecule has 0 aliphatic rings. The number of nitrogens with zero attached hydrogens (tertiary/aromatic N) is 1. The molecule has 31 heavy (non-hydrogen) atoms. The normalized spacial score (nSPS) is 11.9. The standard InChI is InChI=1S/C25H28Cl2N2O.ClH/c26-22-16-21(17-23(27)25(22)28)24(30)18-29(15-13-20-10-5-2-6-11-20)14-7-12-19-8-3-1-4-9-19;/h1-6,8-11,16-17,24,30H,7,12-15,18,28H2;1H. The summed E-state index contributed by atoms with van der Waals surface area (Å²) in [4.78, 5) is 2.30. The van der Waals surface area contributed by atoms with Crippen LogP contribution in [0.4, 0.5) is 5.69 Å². The first-order valence-electron chi connectivity index (χ1n) is 10.3. The Labute approximate surface area is 201 Å². The lowest BCUT2D eigenvalue weighted by molar-refractivity contribution is 0.113. The smallest absolute Gasteiger partial charge is 0.0917 e. The van der Waals surface area contributed by atoms with Gasteiger partial charge in [0.2, 0.25) is 0 Å². The first kappa shape index (κ1) is 25.5. The number of halogens is 3. The zero-order chi connectivity index (χ0) is 21.3. The fraction of sp³-hybridized carbons (Fsp3) is 0.280. The number of aryl methyl sites for hydroxylation is 1. The first-order chi connectivity index (χ1) is 14.5. The van der Waals surface area contributed by atoms with Crippen molar-refractivity contribution in [3.05, 3.63) is 99.5 Å². The molecule has 0 aromatic heterocycles. The van der Waals surface area contributed by atoms with Gasteiger partial charge in [0.1, 0.15) is 0 Å². The van der Waals surface area contributed by atoms with Gasteiger partial charge < -0.3 is 15.7 Å². The number of hydrogen-bond donors (Lipinski definition) is 2. The fourth-order valence-corrected chi connectivity index (χ4v) is 4.03. The third kappa shape index (κ3) is 8.03. The van der Waals surface area contributed by atoms with E-state index in [1.54, 1.807) is 12.1 Å². The highest BCUT2D eigenvalue weighted by atomic mass is 35.5. The summed E-state index contributed by atoms with van der Waals surface area (Å²) in [6.07, 6.45) is 2.28. The number of anilines is 1. The summed E-state index contributed by atoms with van der Waals surface area (Å²) in [6, 6.07) is 24.3. The molecule has 0 saturated carbocycles. The maximum absolute atomic E-state index is 10.8. The lowest BCUT2D eigenvalue weighted by Gasteiger charge is -2.26. The van der Waals surface area contributed by atoms with Gasteiger partial charge in [0, 0.05) is 13.1 Å². The van der Waals surface area contributed by atoms with Crippen molar-refractivity contribution in [3.63, 3.8) is 0 Å². The first-order valence-corrected chi connectivity index (χ1v) is 11.0. The van der Waals surface area contributed by atoms with Gasteiger partial charge in [-0.15, -0.1) is 12.4 Å². The number of aliphatic hydroxyl groups excluding tert-OH is 1. The Morgan fingerprint density at radius 2 is 1.32 bits per heavy atom. The van der Waals surface area contributed by atoms with E-state index in [0.717, 1.165) is 32.4 Å². The zero-order valence-corrected chi connectivity index (χ0v) is 19.7. The minimum atomic E-state index is -0.687. The van der Waals surface area contributed by atoms with E-state index < -0.39 is 6.10 Å². The van der Waals surface area contributed by atoms with Crippen LogP contribution in [0.1, 0.15) is 29.2 Å². The van der Waals surface area contributed by atoms with Crippen LogP contribution in [0.15, 0.2) is 72.8 Å². The van der Waals surface area contributed by atoms with Crippen molar-refractivity contribution in [3.8, 4) is 0 Å². The predicted octanol–water partition coefficient (Wildman–Crippen LogP) is 6.21. The lowest BCUT2D eigenvalue weighted by Crippen LogP contribution is -2.32. The third-order valence-corrected chi connectivity index (χ3v) is 5.88. The molecule has 0 amide bonds. The molecule has 0 spiro atoms. The molecule has 0 aliphatic heterocycles. The number of aliphatic hydroxyl groups is 1. The van der Waals surface area contributed by atoms with Crippen LogP contribution < -0.4 is 5.73 Å². The maximum atomic E-state index is 10.8. The molecule has 0 bridgehead atoms. The molecule has 0 heterocycles. The quantitative estimate of drug-likeness (QED) is 0.340. The second-order valence-corrected chi connectivity index (χ2v) is 8.35. The van der Waals surface area contributed by atoms with Gasteiger partial charge >= 0.3 is 0 Å². The van der Waals surface area contributed by atoms with Crippen molar-refractivity contribution in [2.45, 2.75) is 25.4 Å². The second-order valence-electron chi connectivity index (χ2n) is 7.54. The van der Waals surface area contributed by atoms with Crippen LogP contribution in [-0.2, 0) is 12.8 Å². The van der Waals surface area contributed by atoms with Gasteiger partial charge in [0.15, 0.2) is 0 Å². The van der Waals surface area contributed by atoms with E-state index >= 15 is 0 Å². The molecular formula is C25H29Cl3N2O.